The number of nitro groups is 3. The highest BCUT2D eigenvalue weighted by Gasteiger charge is 2.17. The maximum Gasteiger partial charge on any atom is 0.269 e. The Balaban J connectivity index is 1.21. The molecule has 296 valence electrons. The van der Waals surface area contributed by atoms with Gasteiger partial charge in [0.15, 0.2) is 0 Å². The average molecular weight is 848 g/mol. The van der Waals surface area contributed by atoms with E-state index in [1.807, 2.05) is 53.1 Å². The third kappa shape index (κ3) is 7.97. The zero-order valence-electron chi connectivity index (χ0n) is 31.8. The highest BCUT2D eigenvalue weighted by atomic mass is 32.1. The molecule has 8 rings (SSSR count). The van der Waals surface area contributed by atoms with Crippen molar-refractivity contribution in [1.29, 1.82) is 15.8 Å². The minimum Gasteiger partial charge on any atom is -0.315 e. The van der Waals surface area contributed by atoms with Crippen molar-refractivity contribution in [2.45, 2.75) is 0 Å². The van der Waals surface area contributed by atoms with Crippen molar-refractivity contribution in [3.8, 4) is 39.1 Å². The van der Waals surface area contributed by atoms with E-state index in [0.717, 1.165) is 52.4 Å². The average Bonchev–Trinajstić information content (AvgIpc) is 4.04. The molecule has 0 aliphatic heterocycles. The van der Waals surface area contributed by atoms with Gasteiger partial charge in [-0.05, 0) is 125 Å². The van der Waals surface area contributed by atoms with Crippen molar-refractivity contribution in [2.75, 3.05) is 0 Å². The van der Waals surface area contributed by atoms with Gasteiger partial charge in [-0.25, -0.2) is 0 Å². The first-order valence-corrected chi connectivity index (χ1v) is 20.0. The van der Waals surface area contributed by atoms with E-state index in [4.69, 9.17) is 0 Å². The van der Waals surface area contributed by atoms with Gasteiger partial charge < -0.3 is 4.57 Å². The Hall–Kier alpha value is -8.81. The van der Waals surface area contributed by atoms with Crippen LogP contribution in [0, 0.1) is 64.3 Å². The van der Waals surface area contributed by atoms with Crippen LogP contribution in [0.4, 0.5) is 17.1 Å². The number of rotatable bonds is 11. The number of nitriles is 3. The van der Waals surface area contributed by atoms with Crippen LogP contribution in [0.5, 0.6) is 0 Å². The van der Waals surface area contributed by atoms with E-state index in [1.54, 1.807) is 54.8 Å². The maximum atomic E-state index is 11.3. The molecule has 3 aromatic heterocycles. The Kier molecular flexibility index (Phi) is 10.8. The fraction of sp³-hybridized carbons (Fsp3) is 0. The Morgan fingerprint density at radius 2 is 0.839 bits per heavy atom. The molecule has 0 atom stereocenters. The number of allylic oxidation sites excluding steroid dienone is 3. The molecule has 62 heavy (non-hydrogen) atoms. The molecule has 0 N–H and O–H groups in total. The standard InChI is InChI=1S/C47H25N7O6S2/c48-25-34(29-1-9-37(10-2-29)52(55)56)21-40-15-19-46(61-40)32-7-17-44-42(23-32)43-24-33(8-18-45(43)51(44)28-36(27-50)31-5-13-39(14-6-31)54(59)60)47-20-16-41(62-47)22-35(26-49)30-3-11-38(12-4-30)53(57)58/h1-24,28H/b34-21+,35-22+,36-28+. The Morgan fingerprint density at radius 1 is 0.484 bits per heavy atom. The van der Waals surface area contributed by atoms with E-state index in [-0.39, 0.29) is 17.1 Å². The van der Waals surface area contributed by atoms with Crippen LogP contribution in [0.1, 0.15) is 26.4 Å². The van der Waals surface area contributed by atoms with Crippen LogP contribution in [-0.2, 0) is 0 Å². The summed E-state index contributed by atoms with van der Waals surface area (Å²) in [6, 6.07) is 43.8. The van der Waals surface area contributed by atoms with Crippen LogP contribution in [0.2, 0.25) is 0 Å². The van der Waals surface area contributed by atoms with Crippen molar-refractivity contribution < 1.29 is 14.8 Å². The third-order valence-corrected chi connectivity index (χ3v) is 12.1. The van der Waals surface area contributed by atoms with E-state index >= 15 is 0 Å². The van der Waals surface area contributed by atoms with Crippen LogP contribution in [0.3, 0.4) is 0 Å². The summed E-state index contributed by atoms with van der Waals surface area (Å²) in [7, 11) is 0. The molecule has 0 unspecified atom stereocenters. The van der Waals surface area contributed by atoms with Gasteiger partial charge in [-0.15, -0.1) is 22.7 Å². The Labute approximate surface area is 359 Å². The number of fused-ring (bicyclic) bond motifs is 3. The lowest BCUT2D eigenvalue weighted by atomic mass is 10.1. The molecule has 13 nitrogen and oxygen atoms in total. The SMILES string of the molecule is N#C/C(=C\c1ccc(-c2ccc3c(c2)c2cc(-c4ccc(/C=C(\C#N)c5ccc([N+](=O)[O-])cc5)s4)ccc2n3/C=C(\C#N)c2ccc([N+](=O)[O-])cc2)s1)c1ccc([N+](=O)[O-])cc1. The highest BCUT2D eigenvalue weighted by Crippen LogP contribution is 2.40. The van der Waals surface area contributed by atoms with Gasteiger partial charge in [-0.1, -0.05) is 12.1 Å². The zero-order chi connectivity index (χ0) is 43.5. The molecule has 0 bridgehead atoms. The summed E-state index contributed by atoms with van der Waals surface area (Å²) in [5.74, 6) is 0. The molecule has 0 amide bonds. The molecule has 0 saturated heterocycles. The summed E-state index contributed by atoms with van der Waals surface area (Å²) in [6.07, 6.45) is 5.21. The van der Waals surface area contributed by atoms with Crippen LogP contribution in [-0.4, -0.2) is 19.3 Å². The number of hydrogen-bond acceptors (Lipinski definition) is 11. The predicted octanol–water partition coefficient (Wildman–Crippen LogP) is 12.6. The highest BCUT2D eigenvalue weighted by molar-refractivity contribution is 7.16. The van der Waals surface area contributed by atoms with Gasteiger partial charge in [0.05, 0.1) is 54.7 Å². The number of nitrogens with zero attached hydrogens (tertiary/aromatic N) is 7. The van der Waals surface area contributed by atoms with E-state index in [9.17, 15) is 46.1 Å². The van der Waals surface area contributed by atoms with Crippen LogP contribution >= 0.6 is 22.7 Å². The second-order valence-electron chi connectivity index (χ2n) is 13.6. The first-order chi connectivity index (χ1) is 30.0. The second-order valence-corrected chi connectivity index (χ2v) is 15.9. The van der Waals surface area contributed by atoms with E-state index < -0.39 is 14.8 Å². The number of aromatic nitrogens is 1. The Morgan fingerprint density at radius 3 is 1.18 bits per heavy atom. The quantitative estimate of drug-likeness (QED) is 0.0688. The molecular weight excluding hydrogens is 823 g/mol. The van der Waals surface area contributed by atoms with E-state index in [1.165, 1.54) is 59.1 Å². The van der Waals surface area contributed by atoms with Gasteiger partial charge in [0.25, 0.3) is 17.1 Å². The number of thiophene rings is 2. The van der Waals surface area contributed by atoms with Crippen molar-refractivity contribution >= 4 is 96.6 Å². The molecular formula is C47H25N7O6S2. The van der Waals surface area contributed by atoms with Crippen molar-refractivity contribution in [3.63, 3.8) is 0 Å². The molecule has 0 spiro atoms. The zero-order valence-corrected chi connectivity index (χ0v) is 33.5. The number of non-ortho nitro benzene ring substituents is 3. The fourth-order valence-corrected chi connectivity index (χ4v) is 8.80. The summed E-state index contributed by atoms with van der Waals surface area (Å²) in [4.78, 5) is 35.6. The summed E-state index contributed by atoms with van der Waals surface area (Å²) in [5.41, 5.74) is 5.80. The van der Waals surface area contributed by atoms with Crippen LogP contribution in [0.25, 0.3) is 77.8 Å². The van der Waals surface area contributed by atoms with Gasteiger partial charge in [0.1, 0.15) is 6.07 Å². The van der Waals surface area contributed by atoms with Gasteiger partial charge in [-0.2, -0.15) is 15.8 Å². The molecule has 0 aliphatic rings. The lowest BCUT2D eigenvalue weighted by Gasteiger charge is -2.05. The lowest BCUT2D eigenvalue weighted by molar-refractivity contribution is -0.385. The van der Waals surface area contributed by atoms with Gasteiger partial charge in [0.2, 0.25) is 0 Å². The van der Waals surface area contributed by atoms with Gasteiger partial charge in [0, 0.05) is 72.9 Å². The molecule has 3 heterocycles. The number of hydrogen-bond donors (Lipinski definition) is 0. The minimum atomic E-state index is -0.496. The summed E-state index contributed by atoms with van der Waals surface area (Å²) >= 11 is 2.95. The van der Waals surface area contributed by atoms with Crippen molar-refractivity contribution in [1.82, 2.24) is 4.57 Å². The van der Waals surface area contributed by atoms with E-state index in [0.29, 0.717) is 33.4 Å². The monoisotopic (exact) mass is 847 g/mol. The van der Waals surface area contributed by atoms with Crippen LogP contribution < -0.4 is 0 Å². The third-order valence-electron chi connectivity index (χ3n) is 9.99. The number of benzene rings is 5. The summed E-state index contributed by atoms with van der Waals surface area (Å²) in [5, 5.41) is 65.5. The van der Waals surface area contributed by atoms with Crippen LogP contribution in [0.15, 0.2) is 133 Å². The lowest BCUT2D eigenvalue weighted by Crippen LogP contribution is -1.91. The smallest absolute Gasteiger partial charge is 0.269 e. The first-order valence-electron chi connectivity index (χ1n) is 18.4. The van der Waals surface area contributed by atoms with Crippen molar-refractivity contribution in [2.24, 2.45) is 0 Å². The molecule has 8 aromatic rings. The van der Waals surface area contributed by atoms with Crippen molar-refractivity contribution in [3.05, 3.63) is 190 Å². The number of nitro benzene ring substituents is 3. The van der Waals surface area contributed by atoms with Gasteiger partial charge in [-0.3, -0.25) is 30.3 Å². The maximum absolute atomic E-state index is 11.3. The van der Waals surface area contributed by atoms with E-state index in [2.05, 4.69) is 30.3 Å². The molecule has 15 heteroatoms. The molecule has 5 aromatic carbocycles. The predicted molar refractivity (Wildman–Crippen MR) is 242 cm³/mol. The Bertz CT molecular complexity index is 3170. The first kappa shape index (κ1) is 40.0. The molecule has 0 saturated carbocycles. The topological polar surface area (TPSA) is 206 Å². The second kappa shape index (κ2) is 16.8. The molecule has 0 fully saturated rings. The fourth-order valence-electron chi connectivity index (χ4n) is 6.90. The molecule has 0 radical (unpaired) electrons. The summed E-state index contributed by atoms with van der Waals surface area (Å²) in [6.45, 7) is 0. The van der Waals surface area contributed by atoms with Gasteiger partial charge >= 0.3 is 0 Å². The minimum absolute atomic E-state index is 0.0673. The molecule has 0 aliphatic carbocycles. The summed E-state index contributed by atoms with van der Waals surface area (Å²) < 4.78 is 1.93. The largest absolute Gasteiger partial charge is 0.315 e. The normalized spacial score (nSPS) is 11.9.